The standard InChI is InChI=1S/C27H31N3O5/c1-33-23-8-7-18(15-24(23)34-2)9-12-30-17-20(16-25(30)31)27(32)29-13-10-19(11-14-29)26-28-21-5-3-4-6-22(21)35-26/h3-8,15,19-20H,9-14,16-17H2,1-2H3/t20-/m0/s1. The third-order valence-electron chi connectivity index (χ3n) is 7.15. The van der Waals surface area contributed by atoms with Crippen LogP contribution in [0.3, 0.4) is 0 Å². The molecule has 0 N–H and O–H groups in total. The third kappa shape index (κ3) is 4.83. The number of likely N-dealkylation sites (tertiary alicyclic amines) is 2. The molecule has 35 heavy (non-hydrogen) atoms. The number of hydrogen-bond acceptors (Lipinski definition) is 6. The van der Waals surface area contributed by atoms with E-state index >= 15 is 0 Å². The first-order chi connectivity index (χ1) is 17.1. The highest BCUT2D eigenvalue weighted by Crippen LogP contribution is 2.32. The number of amides is 2. The lowest BCUT2D eigenvalue weighted by molar-refractivity contribution is -0.136. The molecule has 5 rings (SSSR count). The Kier molecular flexibility index (Phi) is 6.61. The summed E-state index contributed by atoms with van der Waals surface area (Å²) in [6, 6.07) is 13.6. The van der Waals surface area contributed by atoms with Crippen molar-refractivity contribution in [1.82, 2.24) is 14.8 Å². The number of fused-ring (bicyclic) bond motifs is 1. The largest absolute Gasteiger partial charge is 0.493 e. The van der Waals surface area contributed by atoms with E-state index in [1.165, 1.54) is 0 Å². The van der Waals surface area contributed by atoms with Crippen LogP contribution in [0.4, 0.5) is 0 Å². The van der Waals surface area contributed by atoms with Crippen LogP contribution in [0.2, 0.25) is 0 Å². The van der Waals surface area contributed by atoms with Crippen molar-refractivity contribution >= 4 is 22.9 Å². The second kappa shape index (κ2) is 9.98. The quantitative estimate of drug-likeness (QED) is 0.517. The maximum absolute atomic E-state index is 13.2. The van der Waals surface area contributed by atoms with Gasteiger partial charge >= 0.3 is 0 Å². The molecule has 3 heterocycles. The van der Waals surface area contributed by atoms with Gasteiger partial charge in [-0.15, -0.1) is 0 Å². The molecule has 2 aromatic carbocycles. The Morgan fingerprint density at radius 2 is 1.86 bits per heavy atom. The molecular formula is C27H31N3O5. The molecule has 2 fully saturated rings. The summed E-state index contributed by atoms with van der Waals surface area (Å²) in [5.41, 5.74) is 2.74. The van der Waals surface area contributed by atoms with Gasteiger partial charge in [0.15, 0.2) is 23.0 Å². The van der Waals surface area contributed by atoms with Gasteiger partial charge in [-0.1, -0.05) is 18.2 Å². The Hall–Kier alpha value is -3.55. The van der Waals surface area contributed by atoms with Crippen LogP contribution in [0.5, 0.6) is 11.5 Å². The van der Waals surface area contributed by atoms with Gasteiger partial charge in [0.2, 0.25) is 11.8 Å². The molecule has 184 valence electrons. The number of methoxy groups -OCH3 is 2. The highest BCUT2D eigenvalue weighted by Gasteiger charge is 2.37. The number of aromatic nitrogens is 1. The number of carbonyl (C=O) groups is 2. The van der Waals surface area contributed by atoms with Crippen molar-refractivity contribution in [1.29, 1.82) is 0 Å². The number of oxazole rings is 1. The minimum atomic E-state index is -0.270. The Morgan fingerprint density at radius 3 is 2.60 bits per heavy atom. The molecule has 2 aliphatic heterocycles. The molecule has 2 aliphatic rings. The van der Waals surface area contributed by atoms with E-state index in [0.717, 1.165) is 35.4 Å². The van der Waals surface area contributed by atoms with Crippen molar-refractivity contribution < 1.29 is 23.5 Å². The summed E-state index contributed by atoms with van der Waals surface area (Å²) in [6.45, 7) is 2.39. The van der Waals surface area contributed by atoms with Crippen molar-refractivity contribution in [2.75, 3.05) is 40.4 Å². The first-order valence-corrected chi connectivity index (χ1v) is 12.2. The van der Waals surface area contributed by atoms with Gasteiger partial charge in [0.05, 0.1) is 20.1 Å². The highest BCUT2D eigenvalue weighted by atomic mass is 16.5. The van der Waals surface area contributed by atoms with E-state index in [9.17, 15) is 9.59 Å². The van der Waals surface area contributed by atoms with Crippen LogP contribution in [0, 0.1) is 5.92 Å². The minimum absolute atomic E-state index is 0.0465. The molecule has 0 saturated carbocycles. The van der Waals surface area contributed by atoms with Gasteiger partial charge in [0, 0.05) is 38.5 Å². The van der Waals surface area contributed by atoms with Crippen LogP contribution in [0.1, 0.15) is 36.6 Å². The fraction of sp³-hybridized carbons (Fsp3) is 0.444. The molecule has 0 bridgehead atoms. The number of piperidine rings is 1. The molecule has 1 atom stereocenters. The molecule has 1 aromatic heterocycles. The molecule has 0 radical (unpaired) electrons. The van der Waals surface area contributed by atoms with E-state index in [0.29, 0.717) is 44.1 Å². The zero-order chi connectivity index (χ0) is 24.4. The third-order valence-corrected chi connectivity index (χ3v) is 7.15. The van der Waals surface area contributed by atoms with Crippen LogP contribution < -0.4 is 9.47 Å². The van der Waals surface area contributed by atoms with Gasteiger partial charge in [-0.05, 0) is 49.1 Å². The van der Waals surface area contributed by atoms with Crippen LogP contribution in [0.25, 0.3) is 11.1 Å². The summed E-state index contributed by atoms with van der Waals surface area (Å²) in [5.74, 6) is 2.19. The van der Waals surface area contributed by atoms with E-state index in [4.69, 9.17) is 13.9 Å². The lowest BCUT2D eigenvalue weighted by atomic mass is 9.95. The molecular weight excluding hydrogens is 446 g/mol. The summed E-state index contributed by atoms with van der Waals surface area (Å²) in [4.78, 5) is 34.2. The van der Waals surface area contributed by atoms with Crippen molar-refractivity contribution in [3.05, 3.63) is 53.9 Å². The second-order valence-corrected chi connectivity index (χ2v) is 9.30. The number of hydrogen-bond donors (Lipinski definition) is 0. The molecule has 8 nitrogen and oxygen atoms in total. The van der Waals surface area contributed by atoms with Crippen LogP contribution in [-0.4, -0.2) is 67.0 Å². The molecule has 8 heteroatoms. The first kappa shape index (κ1) is 23.2. The average Bonchev–Trinajstić information content (AvgIpc) is 3.50. The van der Waals surface area contributed by atoms with E-state index < -0.39 is 0 Å². The summed E-state index contributed by atoms with van der Waals surface area (Å²) in [7, 11) is 3.22. The van der Waals surface area contributed by atoms with Crippen LogP contribution in [0.15, 0.2) is 46.9 Å². The summed E-state index contributed by atoms with van der Waals surface area (Å²) >= 11 is 0. The Bertz CT molecular complexity index is 1180. The summed E-state index contributed by atoms with van der Waals surface area (Å²) in [6.07, 6.45) is 2.63. The highest BCUT2D eigenvalue weighted by molar-refractivity contribution is 5.89. The Labute approximate surface area is 204 Å². The smallest absolute Gasteiger partial charge is 0.227 e. The van der Waals surface area contributed by atoms with Gasteiger partial charge in [-0.3, -0.25) is 9.59 Å². The number of rotatable bonds is 7. The van der Waals surface area contributed by atoms with Crippen molar-refractivity contribution in [3.63, 3.8) is 0 Å². The maximum atomic E-state index is 13.2. The van der Waals surface area contributed by atoms with E-state index in [1.54, 1.807) is 14.2 Å². The van der Waals surface area contributed by atoms with Crippen molar-refractivity contribution in [2.45, 2.75) is 31.6 Å². The number of ether oxygens (including phenoxy) is 2. The van der Waals surface area contributed by atoms with Gasteiger partial charge in [-0.25, -0.2) is 4.98 Å². The molecule has 0 aliphatic carbocycles. The number of carbonyl (C=O) groups excluding carboxylic acids is 2. The van der Waals surface area contributed by atoms with Crippen molar-refractivity contribution in [2.24, 2.45) is 5.92 Å². The fourth-order valence-corrected chi connectivity index (χ4v) is 5.12. The Morgan fingerprint density at radius 1 is 1.09 bits per heavy atom. The molecule has 3 aromatic rings. The number of para-hydroxylation sites is 2. The zero-order valence-corrected chi connectivity index (χ0v) is 20.2. The van der Waals surface area contributed by atoms with Crippen LogP contribution in [-0.2, 0) is 16.0 Å². The first-order valence-electron chi connectivity index (χ1n) is 12.2. The predicted octanol–water partition coefficient (Wildman–Crippen LogP) is 3.64. The lowest BCUT2D eigenvalue weighted by Crippen LogP contribution is -2.42. The molecule has 0 spiro atoms. The maximum Gasteiger partial charge on any atom is 0.227 e. The summed E-state index contributed by atoms with van der Waals surface area (Å²) < 4.78 is 16.6. The molecule has 0 unspecified atom stereocenters. The number of benzene rings is 2. The SMILES string of the molecule is COc1ccc(CCN2C[C@@H](C(=O)N3CCC(c4nc5ccccc5o4)CC3)CC2=O)cc1OC. The van der Waals surface area contributed by atoms with Crippen molar-refractivity contribution in [3.8, 4) is 11.5 Å². The van der Waals surface area contributed by atoms with Gasteiger partial charge < -0.3 is 23.7 Å². The second-order valence-electron chi connectivity index (χ2n) is 9.30. The molecule has 2 amide bonds. The normalized spacial score (nSPS) is 18.9. The average molecular weight is 478 g/mol. The van der Waals surface area contributed by atoms with E-state index in [1.807, 2.05) is 52.3 Å². The summed E-state index contributed by atoms with van der Waals surface area (Å²) in [5, 5.41) is 0. The topological polar surface area (TPSA) is 85.1 Å². The van der Waals surface area contributed by atoms with E-state index in [-0.39, 0.29) is 30.1 Å². The zero-order valence-electron chi connectivity index (χ0n) is 20.2. The van der Waals surface area contributed by atoms with E-state index in [2.05, 4.69) is 4.98 Å². The minimum Gasteiger partial charge on any atom is -0.493 e. The lowest BCUT2D eigenvalue weighted by Gasteiger charge is -2.32. The predicted molar refractivity (Wildman–Crippen MR) is 131 cm³/mol. The fourth-order valence-electron chi connectivity index (χ4n) is 5.12. The van der Waals surface area contributed by atoms with Crippen LogP contribution >= 0.6 is 0 Å². The number of nitrogens with zero attached hydrogens (tertiary/aromatic N) is 3. The monoisotopic (exact) mass is 477 g/mol. The Balaban J connectivity index is 1.13. The van der Waals surface area contributed by atoms with Gasteiger partial charge in [-0.2, -0.15) is 0 Å². The van der Waals surface area contributed by atoms with Gasteiger partial charge in [0.1, 0.15) is 5.52 Å². The molecule has 2 saturated heterocycles. The van der Waals surface area contributed by atoms with Gasteiger partial charge in [0.25, 0.3) is 0 Å².